The predicted octanol–water partition coefficient (Wildman–Crippen LogP) is 7.10. The van der Waals surface area contributed by atoms with Crippen LogP contribution in [0.25, 0.3) is 32.7 Å². The van der Waals surface area contributed by atoms with Crippen LogP contribution in [0.15, 0.2) is 73.2 Å². The summed E-state index contributed by atoms with van der Waals surface area (Å²) in [4.78, 5) is 10.5. The Kier molecular flexibility index (Phi) is 5.08. The van der Waals surface area contributed by atoms with Crippen molar-refractivity contribution >= 4 is 32.7 Å². The van der Waals surface area contributed by atoms with Crippen LogP contribution in [0.5, 0.6) is 0 Å². The van der Waals surface area contributed by atoms with Gasteiger partial charge >= 0.3 is 0 Å². The fourth-order valence-corrected chi connectivity index (χ4v) is 5.87. The molecule has 35 heavy (non-hydrogen) atoms. The zero-order valence-electron chi connectivity index (χ0n) is 20.5. The molecule has 0 radical (unpaired) electrons. The van der Waals surface area contributed by atoms with Crippen LogP contribution in [0.3, 0.4) is 0 Å². The quantitative estimate of drug-likeness (QED) is 0.210. The molecule has 176 valence electrons. The van der Waals surface area contributed by atoms with Gasteiger partial charge in [0.25, 0.3) is 0 Å². The number of hydrogen-bond acceptors (Lipinski definition) is 1. The second-order valence-electron chi connectivity index (χ2n) is 9.40. The Morgan fingerprint density at radius 3 is 1.14 bits per heavy atom. The molecule has 0 amide bonds. The summed E-state index contributed by atoms with van der Waals surface area (Å²) < 4.78 is 0. The molecular formula is C31H31N3O. The highest BCUT2D eigenvalue weighted by atomic mass is 16.3. The number of aromatic amines is 3. The van der Waals surface area contributed by atoms with Gasteiger partial charge < -0.3 is 20.1 Å². The number of H-pyrrole nitrogens is 3. The van der Waals surface area contributed by atoms with Crippen LogP contribution < -0.4 is 0 Å². The van der Waals surface area contributed by atoms with Crippen molar-refractivity contribution in [3.8, 4) is 0 Å². The van der Waals surface area contributed by atoms with E-state index in [2.05, 4.69) is 90.3 Å². The summed E-state index contributed by atoms with van der Waals surface area (Å²) in [6, 6.07) is 19.1. The van der Waals surface area contributed by atoms with E-state index in [-0.39, 0.29) is 0 Å². The van der Waals surface area contributed by atoms with Crippen LogP contribution in [-0.2, 0) is 24.9 Å². The topological polar surface area (TPSA) is 67.6 Å². The summed E-state index contributed by atoms with van der Waals surface area (Å²) in [7, 11) is 0. The highest BCUT2D eigenvalue weighted by Gasteiger charge is 2.40. The van der Waals surface area contributed by atoms with E-state index in [0.29, 0.717) is 0 Å². The first-order valence-electron chi connectivity index (χ1n) is 12.6. The summed E-state index contributed by atoms with van der Waals surface area (Å²) >= 11 is 0. The van der Waals surface area contributed by atoms with Gasteiger partial charge in [0.15, 0.2) is 0 Å². The number of para-hydroxylation sites is 3. The average Bonchev–Trinajstić information content (AvgIpc) is 3.64. The largest absolute Gasteiger partial charge is 0.376 e. The fraction of sp³-hybridized carbons (Fsp3) is 0.226. The molecule has 0 bridgehead atoms. The minimum absolute atomic E-state index is 0.869. The van der Waals surface area contributed by atoms with Gasteiger partial charge in [0.05, 0.1) is 0 Å². The summed E-state index contributed by atoms with van der Waals surface area (Å²) in [5, 5.41) is 16.2. The Bertz CT molecular complexity index is 1480. The van der Waals surface area contributed by atoms with E-state index in [0.717, 1.165) is 68.7 Å². The van der Waals surface area contributed by atoms with E-state index in [1.165, 1.54) is 16.7 Å². The van der Waals surface area contributed by atoms with E-state index in [1.807, 2.05) is 18.6 Å². The first kappa shape index (κ1) is 21.8. The van der Waals surface area contributed by atoms with Crippen LogP contribution in [0, 0.1) is 0 Å². The third kappa shape index (κ3) is 3.03. The van der Waals surface area contributed by atoms with Crippen molar-refractivity contribution in [2.45, 2.75) is 45.6 Å². The SMILES string of the molecule is CCc1cccc2c(C(O)(c3c[nH]c4c(CC)cccc34)c3c[nH]c4c(CC)cccc34)c[nH]c12. The van der Waals surface area contributed by atoms with Crippen molar-refractivity contribution in [1.82, 2.24) is 15.0 Å². The van der Waals surface area contributed by atoms with Gasteiger partial charge in [-0.2, -0.15) is 0 Å². The van der Waals surface area contributed by atoms with Crippen molar-refractivity contribution in [2.24, 2.45) is 0 Å². The molecule has 3 aromatic carbocycles. The Labute approximate surface area is 205 Å². The lowest BCUT2D eigenvalue weighted by molar-refractivity contribution is 0.130. The zero-order chi connectivity index (χ0) is 24.2. The minimum Gasteiger partial charge on any atom is -0.376 e. The maximum atomic E-state index is 13.0. The first-order valence-corrected chi connectivity index (χ1v) is 12.6. The second kappa shape index (κ2) is 8.17. The smallest absolute Gasteiger partial charge is 0.146 e. The molecule has 6 rings (SSSR count). The molecule has 0 aliphatic carbocycles. The van der Waals surface area contributed by atoms with Gasteiger partial charge in [-0.05, 0) is 36.0 Å². The maximum Gasteiger partial charge on any atom is 0.146 e. The van der Waals surface area contributed by atoms with Crippen molar-refractivity contribution in [1.29, 1.82) is 0 Å². The molecule has 0 aliphatic heterocycles. The lowest BCUT2D eigenvalue weighted by Crippen LogP contribution is -2.28. The molecule has 0 unspecified atom stereocenters. The van der Waals surface area contributed by atoms with Crippen molar-refractivity contribution in [3.63, 3.8) is 0 Å². The summed E-state index contributed by atoms with van der Waals surface area (Å²) in [5.41, 5.74) is 8.25. The Balaban J connectivity index is 1.73. The molecule has 4 heteroatoms. The summed E-state index contributed by atoms with van der Waals surface area (Å²) in [6.07, 6.45) is 8.76. The normalized spacial score (nSPS) is 12.3. The van der Waals surface area contributed by atoms with Gasteiger partial charge in [0, 0.05) is 68.0 Å². The highest BCUT2D eigenvalue weighted by Crippen LogP contribution is 2.46. The van der Waals surface area contributed by atoms with Gasteiger partial charge in [-0.3, -0.25) is 0 Å². The molecule has 0 aliphatic rings. The van der Waals surface area contributed by atoms with Gasteiger partial charge in [-0.25, -0.2) is 0 Å². The molecule has 0 spiro atoms. The Hall–Kier alpha value is -3.76. The maximum absolute atomic E-state index is 13.0. The van der Waals surface area contributed by atoms with Gasteiger partial charge in [-0.15, -0.1) is 0 Å². The van der Waals surface area contributed by atoms with Crippen molar-refractivity contribution < 1.29 is 5.11 Å². The number of aryl methyl sites for hydroxylation is 3. The number of rotatable bonds is 6. The lowest BCUT2D eigenvalue weighted by atomic mass is 9.79. The Morgan fingerprint density at radius 2 is 0.857 bits per heavy atom. The van der Waals surface area contributed by atoms with Crippen molar-refractivity contribution in [2.75, 3.05) is 0 Å². The average molecular weight is 462 g/mol. The summed E-state index contributed by atoms with van der Waals surface area (Å²) in [6.45, 7) is 6.50. The molecule has 0 saturated heterocycles. The van der Waals surface area contributed by atoms with Crippen LogP contribution in [0.2, 0.25) is 0 Å². The van der Waals surface area contributed by atoms with Crippen LogP contribution >= 0.6 is 0 Å². The summed E-state index contributed by atoms with van der Waals surface area (Å²) in [5.74, 6) is 0. The van der Waals surface area contributed by atoms with E-state index in [9.17, 15) is 5.11 Å². The monoisotopic (exact) mass is 461 g/mol. The molecular weight excluding hydrogens is 430 g/mol. The molecule has 6 aromatic rings. The van der Waals surface area contributed by atoms with E-state index in [4.69, 9.17) is 0 Å². The minimum atomic E-state index is -1.36. The highest BCUT2D eigenvalue weighted by molar-refractivity contribution is 5.95. The molecule has 0 saturated carbocycles. The molecule has 4 nitrogen and oxygen atoms in total. The van der Waals surface area contributed by atoms with E-state index >= 15 is 0 Å². The van der Waals surface area contributed by atoms with Crippen LogP contribution in [0.1, 0.15) is 54.2 Å². The number of nitrogens with one attached hydrogen (secondary N) is 3. The molecule has 0 fully saturated rings. The van der Waals surface area contributed by atoms with Crippen LogP contribution in [0.4, 0.5) is 0 Å². The number of aromatic nitrogens is 3. The lowest BCUT2D eigenvalue weighted by Gasteiger charge is -2.28. The third-order valence-electron chi connectivity index (χ3n) is 7.72. The zero-order valence-corrected chi connectivity index (χ0v) is 20.5. The molecule has 0 atom stereocenters. The fourth-order valence-electron chi connectivity index (χ4n) is 5.87. The van der Waals surface area contributed by atoms with Gasteiger partial charge in [0.1, 0.15) is 5.60 Å². The van der Waals surface area contributed by atoms with Gasteiger partial charge in [0.2, 0.25) is 0 Å². The Morgan fingerprint density at radius 1 is 0.543 bits per heavy atom. The van der Waals surface area contributed by atoms with E-state index in [1.54, 1.807) is 0 Å². The first-order chi connectivity index (χ1) is 17.1. The molecule has 3 heterocycles. The second-order valence-corrected chi connectivity index (χ2v) is 9.40. The third-order valence-corrected chi connectivity index (χ3v) is 7.72. The number of hydrogen-bond donors (Lipinski definition) is 4. The van der Waals surface area contributed by atoms with Gasteiger partial charge in [-0.1, -0.05) is 75.4 Å². The van der Waals surface area contributed by atoms with Crippen LogP contribution in [-0.4, -0.2) is 20.1 Å². The number of fused-ring (bicyclic) bond motifs is 3. The number of benzene rings is 3. The van der Waals surface area contributed by atoms with Crippen molar-refractivity contribution in [3.05, 3.63) is 107 Å². The van der Waals surface area contributed by atoms with E-state index < -0.39 is 5.60 Å². The standard InChI is InChI=1S/C31H31N3O/c1-4-19-10-7-13-22-25(16-32-28(19)22)31(35,26-17-33-29-20(5-2)11-8-14-23(26)29)27-18-34-30-21(6-3)12-9-15-24(27)30/h7-18,32-35H,4-6H2,1-3H3. The predicted molar refractivity (Wildman–Crippen MR) is 145 cm³/mol. The number of aliphatic hydroxyl groups is 1. The molecule has 3 aromatic heterocycles. The molecule has 4 N–H and O–H groups in total.